The zero-order valence-corrected chi connectivity index (χ0v) is 32.7. The number of pyridine rings is 2. The standard InChI is InChI=1S/C41H38F2N8O7S/c1-3-37-46-20-25(21-47-37)24-9-13-29(14-10-24)59(56,57)49-34-19-32(42)31(18-33(34)43)38(52)48-35(40(54)58-28-7-5-4-6-8-28)17-26-11-12-27(22-45-26)51-39(53)30-15-16-44-23-36(30)50(2)41(51)55/h9-16,18-23,28,35,49H,3-8,17H2,1-2H3,(H,48,52)/t35-/m0/s1. The fourth-order valence-corrected chi connectivity index (χ4v) is 7.83. The van der Waals surface area contributed by atoms with Gasteiger partial charge in [0.15, 0.2) is 0 Å². The van der Waals surface area contributed by atoms with Crippen molar-refractivity contribution in [2.45, 2.75) is 68.9 Å². The number of ether oxygens (including phenoxy) is 1. The predicted molar refractivity (Wildman–Crippen MR) is 212 cm³/mol. The molecule has 1 amide bonds. The zero-order valence-electron chi connectivity index (χ0n) is 31.9. The summed E-state index contributed by atoms with van der Waals surface area (Å²) in [4.78, 5) is 70.0. The summed E-state index contributed by atoms with van der Waals surface area (Å²) in [6.45, 7) is 1.91. The summed E-state index contributed by atoms with van der Waals surface area (Å²) in [5, 5.41) is 2.68. The van der Waals surface area contributed by atoms with E-state index in [-0.39, 0.29) is 28.1 Å². The number of nitrogens with one attached hydrogen (secondary N) is 2. The van der Waals surface area contributed by atoms with Crippen molar-refractivity contribution in [1.82, 2.24) is 34.4 Å². The van der Waals surface area contributed by atoms with Gasteiger partial charge in [-0.3, -0.25) is 28.8 Å². The van der Waals surface area contributed by atoms with Gasteiger partial charge in [0.2, 0.25) is 0 Å². The molecule has 2 N–H and O–H groups in total. The molecule has 304 valence electrons. The Balaban J connectivity index is 1.09. The molecule has 0 spiro atoms. The highest BCUT2D eigenvalue weighted by atomic mass is 32.2. The van der Waals surface area contributed by atoms with Gasteiger partial charge in [-0.25, -0.2) is 41.3 Å². The third-order valence-electron chi connectivity index (χ3n) is 10.0. The molecule has 4 aromatic heterocycles. The van der Waals surface area contributed by atoms with Crippen LogP contribution in [0.1, 0.15) is 60.9 Å². The second-order valence-corrected chi connectivity index (χ2v) is 15.7. The molecule has 7 rings (SSSR count). The monoisotopic (exact) mass is 824 g/mol. The maximum Gasteiger partial charge on any atom is 0.335 e. The van der Waals surface area contributed by atoms with Crippen molar-refractivity contribution < 1.29 is 31.5 Å². The molecule has 4 heterocycles. The van der Waals surface area contributed by atoms with Gasteiger partial charge in [-0.15, -0.1) is 0 Å². The number of amides is 1. The maximum atomic E-state index is 15.5. The molecule has 2 aromatic carbocycles. The summed E-state index contributed by atoms with van der Waals surface area (Å²) in [7, 11) is -2.91. The predicted octanol–water partition coefficient (Wildman–Crippen LogP) is 4.79. The fourth-order valence-electron chi connectivity index (χ4n) is 6.78. The zero-order chi connectivity index (χ0) is 41.8. The number of fused-ring (bicyclic) bond motifs is 1. The minimum atomic E-state index is -4.41. The molecule has 1 atom stereocenters. The van der Waals surface area contributed by atoms with Crippen LogP contribution in [0.4, 0.5) is 14.5 Å². The lowest BCUT2D eigenvalue weighted by molar-refractivity contribution is -0.152. The molecular formula is C41H38F2N8O7S. The molecule has 15 nitrogen and oxygen atoms in total. The van der Waals surface area contributed by atoms with Gasteiger partial charge in [-0.1, -0.05) is 25.5 Å². The maximum absolute atomic E-state index is 15.5. The quantitative estimate of drug-likeness (QED) is 0.161. The van der Waals surface area contributed by atoms with Crippen LogP contribution in [0.25, 0.3) is 27.7 Å². The summed E-state index contributed by atoms with van der Waals surface area (Å²) in [5.74, 6) is -3.88. The van der Waals surface area contributed by atoms with Gasteiger partial charge in [-0.2, -0.15) is 0 Å². The van der Waals surface area contributed by atoms with E-state index in [2.05, 4.69) is 25.3 Å². The minimum absolute atomic E-state index is 0.140. The van der Waals surface area contributed by atoms with Crippen LogP contribution >= 0.6 is 0 Å². The Labute approximate surface area is 336 Å². The van der Waals surface area contributed by atoms with Gasteiger partial charge in [0.25, 0.3) is 21.5 Å². The third-order valence-corrected chi connectivity index (χ3v) is 11.4. The van der Waals surface area contributed by atoms with E-state index in [1.165, 1.54) is 72.7 Å². The van der Waals surface area contributed by atoms with Crippen LogP contribution in [0.5, 0.6) is 0 Å². The lowest BCUT2D eigenvalue weighted by Gasteiger charge is -2.25. The number of sulfonamides is 1. The Morgan fingerprint density at radius 1 is 0.898 bits per heavy atom. The number of carbonyl (C=O) groups is 2. The summed E-state index contributed by atoms with van der Waals surface area (Å²) in [6.07, 6.45) is 11.2. The molecule has 1 saturated carbocycles. The molecule has 0 aliphatic heterocycles. The van der Waals surface area contributed by atoms with E-state index in [1.807, 2.05) is 11.6 Å². The minimum Gasteiger partial charge on any atom is -0.461 e. The molecule has 0 bridgehead atoms. The lowest BCUT2D eigenvalue weighted by atomic mass is 9.97. The molecule has 18 heteroatoms. The van der Waals surface area contributed by atoms with Crippen molar-refractivity contribution in [2.75, 3.05) is 4.72 Å². The lowest BCUT2D eigenvalue weighted by Crippen LogP contribution is -2.45. The van der Waals surface area contributed by atoms with Crippen molar-refractivity contribution in [3.05, 3.63) is 135 Å². The first-order valence-electron chi connectivity index (χ1n) is 18.8. The highest BCUT2D eigenvalue weighted by Crippen LogP contribution is 2.26. The number of aryl methyl sites for hydroxylation is 2. The van der Waals surface area contributed by atoms with Crippen molar-refractivity contribution in [1.29, 1.82) is 0 Å². The van der Waals surface area contributed by atoms with Gasteiger partial charge in [0.05, 0.1) is 45.1 Å². The van der Waals surface area contributed by atoms with Crippen molar-refractivity contribution in [3.8, 4) is 16.8 Å². The van der Waals surface area contributed by atoms with Gasteiger partial charge < -0.3 is 10.1 Å². The van der Waals surface area contributed by atoms with E-state index in [0.717, 1.165) is 23.8 Å². The summed E-state index contributed by atoms with van der Waals surface area (Å²) in [5.41, 5.74) is -0.767. The Hall–Kier alpha value is -6.69. The van der Waals surface area contributed by atoms with E-state index in [1.54, 1.807) is 12.4 Å². The normalized spacial score (nSPS) is 13.8. The number of hydrogen-bond donors (Lipinski definition) is 2. The van der Waals surface area contributed by atoms with E-state index in [0.29, 0.717) is 53.9 Å². The number of benzene rings is 2. The second-order valence-electron chi connectivity index (χ2n) is 14.0. The number of carbonyl (C=O) groups excluding carboxylic acids is 2. The number of anilines is 1. The smallest absolute Gasteiger partial charge is 0.335 e. The third kappa shape index (κ3) is 8.76. The molecule has 6 aromatic rings. The Morgan fingerprint density at radius 2 is 1.63 bits per heavy atom. The Kier molecular flexibility index (Phi) is 11.7. The van der Waals surface area contributed by atoms with Crippen LogP contribution in [-0.2, 0) is 39.4 Å². The molecular weight excluding hydrogens is 787 g/mol. The van der Waals surface area contributed by atoms with Gasteiger partial charge in [0.1, 0.15) is 29.6 Å². The molecule has 1 fully saturated rings. The molecule has 1 aliphatic rings. The van der Waals surface area contributed by atoms with Gasteiger partial charge in [0, 0.05) is 55.8 Å². The Morgan fingerprint density at radius 3 is 2.31 bits per heavy atom. The number of nitrogens with zero attached hydrogens (tertiary/aromatic N) is 6. The number of esters is 1. The fraction of sp³-hybridized carbons (Fsp3) is 0.268. The van der Waals surface area contributed by atoms with Crippen molar-refractivity contribution in [3.63, 3.8) is 0 Å². The molecule has 0 radical (unpaired) electrons. The average molecular weight is 825 g/mol. The van der Waals surface area contributed by atoms with Crippen molar-refractivity contribution >= 4 is 38.5 Å². The molecule has 1 aliphatic carbocycles. The number of hydrogen-bond acceptors (Lipinski definition) is 11. The molecule has 0 saturated heterocycles. The molecule has 59 heavy (non-hydrogen) atoms. The topological polar surface area (TPSA) is 197 Å². The highest BCUT2D eigenvalue weighted by Gasteiger charge is 2.29. The van der Waals surface area contributed by atoms with Crippen LogP contribution < -0.4 is 21.3 Å². The van der Waals surface area contributed by atoms with Crippen LogP contribution in [0.3, 0.4) is 0 Å². The van der Waals surface area contributed by atoms with E-state index >= 15 is 8.78 Å². The average Bonchev–Trinajstić information content (AvgIpc) is 3.24. The van der Waals surface area contributed by atoms with Crippen LogP contribution in [0, 0.1) is 11.6 Å². The number of aromatic nitrogens is 6. The summed E-state index contributed by atoms with van der Waals surface area (Å²) in [6, 6.07) is 9.66. The van der Waals surface area contributed by atoms with E-state index in [4.69, 9.17) is 4.74 Å². The molecule has 0 unspecified atom stereocenters. The highest BCUT2D eigenvalue weighted by molar-refractivity contribution is 7.92. The van der Waals surface area contributed by atoms with E-state index in [9.17, 15) is 27.6 Å². The first kappa shape index (κ1) is 40.5. The number of rotatable bonds is 12. The largest absolute Gasteiger partial charge is 0.461 e. The summed E-state index contributed by atoms with van der Waals surface area (Å²) < 4.78 is 67.3. The van der Waals surface area contributed by atoms with Gasteiger partial charge in [-0.05, 0) is 67.6 Å². The number of halogens is 2. The van der Waals surface area contributed by atoms with Crippen LogP contribution in [-0.4, -0.2) is 61.5 Å². The van der Waals surface area contributed by atoms with E-state index < -0.39 is 68.2 Å². The first-order valence-corrected chi connectivity index (χ1v) is 20.3. The van der Waals surface area contributed by atoms with Crippen LogP contribution in [0.2, 0.25) is 0 Å². The van der Waals surface area contributed by atoms with Crippen LogP contribution in [0.15, 0.2) is 100 Å². The van der Waals surface area contributed by atoms with Crippen molar-refractivity contribution in [2.24, 2.45) is 7.05 Å². The SMILES string of the molecule is CCc1ncc(-c2ccc(S(=O)(=O)Nc3cc(F)c(C(=O)N[C@@H](Cc4ccc(-n5c(=O)c6ccncc6n(C)c5=O)cn4)C(=O)OC4CCCCC4)cc3F)cc2)cn1. The first-order chi connectivity index (χ1) is 28.3. The summed E-state index contributed by atoms with van der Waals surface area (Å²) >= 11 is 0. The Bertz CT molecular complexity index is 2770. The van der Waals surface area contributed by atoms with Gasteiger partial charge >= 0.3 is 11.7 Å². The second kappa shape index (κ2) is 17.0.